The zero-order chi connectivity index (χ0) is 12.3. The molecule has 1 aromatic heterocycles. The lowest BCUT2D eigenvalue weighted by Gasteiger charge is -2.03. The second-order valence-corrected chi connectivity index (χ2v) is 3.64. The Morgan fingerprint density at radius 2 is 2.35 bits per heavy atom. The number of aromatic nitrogens is 4. The van der Waals surface area contributed by atoms with Gasteiger partial charge in [0.1, 0.15) is 11.8 Å². The van der Waals surface area contributed by atoms with E-state index in [2.05, 4.69) is 15.4 Å². The summed E-state index contributed by atoms with van der Waals surface area (Å²) < 4.78 is 5.41. The van der Waals surface area contributed by atoms with Gasteiger partial charge in [0, 0.05) is 6.07 Å². The number of halogens is 1. The molecular formula is C10H8ClN5O. The van der Waals surface area contributed by atoms with Crippen LogP contribution in [0.15, 0.2) is 18.2 Å². The number of tetrazole rings is 1. The van der Waals surface area contributed by atoms with E-state index in [1.54, 1.807) is 25.2 Å². The number of ether oxygens (including phenoxy) is 1. The molecule has 0 radical (unpaired) electrons. The Morgan fingerprint density at radius 3 is 2.94 bits per heavy atom. The summed E-state index contributed by atoms with van der Waals surface area (Å²) in [5.41, 5.74) is 0.414. The molecule has 0 amide bonds. The average molecular weight is 250 g/mol. The molecule has 2 rings (SSSR count). The molecule has 0 saturated carbocycles. The Morgan fingerprint density at radius 1 is 1.53 bits per heavy atom. The zero-order valence-corrected chi connectivity index (χ0v) is 9.72. The van der Waals surface area contributed by atoms with Crippen molar-refractivity contribution in [3.63, 3.8) is 0 Å². The largest absolute Gasteiger partial charge is 0.485 e. The van der Waals surface area contributed by atoms with Crippen molar-refractivity contribution in [1.82, 2.24) is 20.2 Å². The van der Waals surface area contributed by atoms with Crippen molar-refractivity contribution in [2.24, 2.45) is 7.05 Å². The molecule has 0 unspecified atom stereocenters. The number of benzene rings is 1. The average Bonchev–Trinajstić information content (AvgIpc) is 2.73. The number of rotatable bonds is 3. The van der Waals surface area contributed by atoms with E-state index in [4.69, 9.17) is 21.6 Å². The van der Waals surface area contributed by atoms with Gasteiger partial charge in [0.25, 0.3) is 0 Å². The van der Waals surface area contributed by atoms with Crippen molar-refractivity contribution < 1.29 is 4.74 Å². The summed E-state index contributed by atoms with van der Waals surface area (Å²) in [4.78, 5) is 1.35. The molecule has 7 heteroatoms. The van der Waals surface area contributed by atoms with Crippen LogP contribution in [0.25, 0.3) is 0 Å². The molecule has 0 saturated heterocycles. The quantitative estimate of drug-likeness (QED) is 0.820. The second-order valence-electron chi connectivity index (χ2n) is 3.24. The highest BCUT2D eigenvalue weighted by Gasteiger charge is 2.04. The minimum Gasteiger partial charge on any atom is -0.485 e. The molecule has 1 aromatic carbocycles. The van der Waals surface area contributed by atoms with Gasteiger partial charge in [-0.3, -0.25) is 0 Å². The fourth-order valence-corrected chi connectivity index (χ4v) is 1.42. The highest BCUT2D eigenvalue weighted by Crippen LogP contribution is 2.22. The van der Waals surface area contributed by atoms with Gasteiger partial charge in [-0.15, -0.1) is 10.2 Å². The van der Waals surface area contributed by atoms with Gasteiger partial charge in [0.05, 0.1) is 17.6 Å². The number of nitriles is 1. The van der Waals surface area contributed by atoms with Crippen LogP contribution in [0.2, 0.25) is 5.02 Å². The van der Waals surface area contributed by atoms with Crippen LogP contribution in [-0.4, -0.2) is 20.2 Å². The Balaban J connectivity index is 2.05. The lowest BCUT2D eigenvalue weighted by atomic mass is 10.2. The van der Waals surface area contributed by atoms with E-state index in [-0.39, 0.29) is 6.61 Å². The van der Waals surface area contributed by atoms with E-state index >= 15 is 0 Å². The summed E-state index contributed by atoms with van der Waals surface area (Å²) in [5, 5.41) is 20.5. The summed E-state index contributed by atoms with van der Waals surface area (Å²) in [6.07, 6.45) is 0. The third-order valence-corrected chi connectivity index (χ3v) is 2.29. The summed E-state index contributed by atoms with van der Waals surface area (Å²) in [7, 11) is 1.68. The first-order valence-electron chi connectivity index (χ1n) is 4.74. The van der Waals surface area contributed by atoms with Gasteiger partial charge in [-0.05, 0) is 17.3 Å². The smallest absolute Gasteiger partial charge is 0.212 e. The maximum Gasteiger partial charge on any atom is 0.212 e. The van der Waals surface area contributed by atoms with Crippen molar-refractivity contribution in [3.05, 3.63) is 34.6 Å². The second kappa shape index (κ2) is 4.80. The number of aryl methyl sites for hydroxylation is 1. The van der Waals surface area contributed by atoms with Crippen LogP contribution >= 0.6 is 11.6 Å². The van der Waals surface area contributed by atoms with Gasteiger partial charge in [-0.1, -0.05) is 11.6 Å². The monoisotopic (exact) mass is 249 g/mol. The normalized spacial score (nSPS) is 9.94. The minimum atomic E-state index is 0.204. The van der Waals surface area contributed by atoms with Crippen LogP contribution < -0.4 is 4.74 Å². The van der Waals surface area contributed by atoms with E-state index in [1.807, 2.05) is 6.07 Å². The third kappa shape index (κ3) is 2.71. The zero-order valence-electron chi connectivity index (χ0n) is 8.96. The number of hydrogen-bond donors (Lipinski definition) is 0. The topological polar surface area (TPSA) is 76.6 Å². The van der Waals surface area contributed by atoms with Crippen molar-refractivity contribution in [2.75, 3.05) is 0 Å². The molecule has 0 aliphatic carbocycles. The van der Waals surface area contributed by atoms with Crippen molar-refractivity contribution in [1.29, 1.82) is 5.26 Å². The molecule has 1 heterocycles. The van der Waals surface area contributed by atoms with E-state index in [1.165, 1.54) is 4.80 Å². The number of nitrogens with zero attached hydrogens (tertiary/aromatic N) is 5. The van der Waals surface area contributed by atoms with Crippen LogP contribution in [0.1, 0.15) is 11.4 Å². The fraction of sp³-hybridized carbons (Fsp3) is 0.200. The molecule has 0 N–H and O–H groups in total. The molecule has 0 bridgehead atoms. The van der Waals surface area contributed by atoms with E-state index in [0.717, 1.165) is 0 Å². The Bertz CT molecular complexity index is 574. The summed E-state index contributed by atoms with van der Waals surface area (Å²) in [6, 6.07) is 6.82. The van der Waals surface area contributed by atoms with Crippen LogP contribution in [0.3, 0.4) is 0 Å². The van der Waals surface area contributed by atoms with Crippen LogP contribution in [0.5, 0.6) is 5.75 Å². The van der Waals surface area contributed by atoms with Crippen LogP contribution in [0, 0.1) is 11.3 Å². The number of hydrogen-bond acceptors (Lipinski definition) is 5. The minimum absolute atomic E-state index is 0.204. The Hall–Kier alpha value is -2.13. The van der Waals surface area contributed by atoms with E-state index < -0.39 is 0 Å². The molecule has 0 atom stereocenters. The SMILES string of the molecule is Cn1nnc(COc2ccc(C#N)c(Cl)c2)n1. The Kier molecular flexibility index (Phi) is 3.21. The first kappa shape index (κ1) is 11.4. The molecule has 86 valence electrons. The van der Waals surface area contributed by atoms with Gasteiger partial charge < -0.3 is 4.74 Å². The van der Waals surface area contributed by atoms with Gasteiger partial charge >= 0.3 is 0 Å². The van der Waals surface area contributed by atoms with Gasteiger partial charge in [-0.25, -0.2) is 0 Å². The van der Waals surface area contributed by atoms with E-state index in [0.29, 0.717) is 22.2 Å². The third-order valence-electron chi connectivity index (χ3n) is 1.98. The molecule has 0 aliphatic rings. The molecular weight excluding hydrogens is 242 g/mol. The summed E-state index contributed by atoms with van der Waals surface area (Å²) in [5.74, 6) is 1.04. The predicted molar refractivity (Wildman–Crippen MR) is 59.3 cm³/mol. The van der Waals surface area contributed by atoms with Crippen LogP contribution in [0.4, 0.5) is 0 Å². The molecule has 0 spiro atoms. The molecule has 0 fully saturated rings. The van der Waals surface area contributed by atoms with Crippen molar-refractivity contribution in [2.45, 2.75) is 6.61 Å². The first-order chi connectivity index (χ1) is 8.19. The lowest BCUT2D eigenvalue weighted by Crippen LogP contribution is -1.99. The Labute approximate surface area is 102 Å². The summed E-state index contributed by atoms with van der Waals surface area (Å²) in [6.45, 7) is 0.204. The van der Waals surface area contributed by atoms with Crippen LogP contribution in [-0.2, 0) is 13.7 Å². The van der Waals surface area contributed by atoms with Gasteiger partial charge in [0.2, 0.25) is 5.82 Å². The van der Waals surface area contributed by atoms with E-state index in [9.17, 15) is 0 Å². The van der Waals surface area contributed by atoms with Gasteiger partial charge in [0.15, 0.2) is 6.61 Å². The van der Waals surface area contributed by atoms with Crippen molar-refractivity contribution >= 4 is 11.6 Å². The molecule has 6 nitrogen and oxygen atoms in total. The highest BCUT2D eigenvalue weighted by molar-refractivity contribution is 6.31. The lowest BCUT2D eigenvalue weighted by molar-refractivity contribution is 0.295. The maximum absolute atomic E-state index is 8.71. The highest BCUT2D eigenvalue weighted by atomic mass is 35.5. The molecule has 17 heavy (non-hydrogen) atoms. The van der Waals surface area contributed by atoms with Gasteiger partial charge in [-0.2, -0.15) is 10.1 Å². The summed E-state index contributed by atoms with van der Waals surface area (Å²) >= 11 is 5.87. The van der Waals surface area contributed by atoms with Crippen molar-refractivity contribution in [3.8, 4) is 11.8 Å². The standard InChI is InChI=1S/C10H8ClN5O/c1-16-14-10(13-15-16)6-17-8-3-2-7(5-12)9(11)4-8/h2-4H,6H2,1H3. The fourth-order valence-electron chi connectivity index (χ4n) is 1.21. The first-order valence-corrected chi connectivity index (χ1v) is 5.12. The molecule has 2 aromatic rings. The predicted octanol–water partition coefficient (Wildman–Crippen LogP) is 1.31. The molecule has 0 aliphatic heterocycles. The maximum atomic E-state index is 8.71.